The van der Waals surface area contributed by atoms with Gasteiger partial charge in [0.2, 0.25) is 0 Å². The van der Waals surface area contributed by atoms with E-state index in [0.717, 1.165) is 0 Å². The number of hydrogen-bond acceptors (Lipinski definition) is 4. The van der Waals surface area contributed by atoms with Crippen molar-refractivity contribution in [1.29, 1.82) is 0 Å². The lowest BCUT2D eigenvalue weighted by molar-refractivity contribution is 0.0675. The topological polar surface area (TPSA) is 115 Å². The molecule has 6 nitrogen and oxygen atoms in total. The molecule has 0 saturated carbocycles. The molecule has 0 aliphatic heterocycles. The third kappa shape index (κ3) is 2.74. The number of benzene rings is 1. The molecule has 7 heteroatoms. The molecule has 0 atom stereocenters. The summed E-state index contributed by atoms with van der Waals surface area (Å²) in [5.41, 5.74) is -1.10. The smallest absolute Gasteiger partial charge is 0.339 e. The molecule has 0 fully saturated rings. The van der Waals surface area contributed by atoms with Gasteiger partial charge < -0.3 is 20.4 Å². The first kappa shape index (κ1) is 13.5. The normalized spacial score (nSPS) is 9.07. The summed E-state index contributed by atoms with van der Waals surface area (Å²) in [6.45, 7) is 0. The van der Waals surface area contributed by atoms with Gasteiger partial charge in [-0.15, -0.1) is 0 Å². The summed E-state index contributed by atoms with van der Waals surface area (Å²) in [5.74, 6) is -4.30. The van der Waals surface area contributed by atoms with E-state index in [4.69, 9.17) is 20.4 Å². The molecule has 0 bridgehead atoms. The van der Waals surface area contributed by atoms with Gasteiger partial charge >= 0.3 is 11.9 Å². The predicted molar refractivity (Wildman–Crippen MR) is 49.4 cm³/mol. The van der Waals surface area contributed by atoms with Crippen LogP contribution in [-0.4, -0.2) is 55.4 Å². The first-order valence-electron chi connectivity index (χ1n) is 3.46. The Bertz CT molecular complexity index is 374. The van der Waals surface area contributed by atoms with Crippen molar-refractivity contribution in [3.8, 4) is 11.5 Å². The van der Waals surface area contributed by atoms with Crippen LogP contribution in [0.3, 0.4) is 0 Å². The fourth-order valence-electron chi connectivity index (χ4n) is 0.919. The molecule has 0 aromatic heterocycles. The summed E-state index contributed by atoms with van der Waals surface area (Å²) in [4.78, 5) is 20.9. The molecule has 2 radical (unpaired) electrons. The number of phenols is 2. The van der Waals surface area contributed by atoms with Gasteiger partial charge in [-0.2, -0.15) is 0 Å². The maximum Gasteiger partial charge on any atom is 0.339 e. The van der Waals surface area contributed by atoms with Crippen LogP contribution in [0.25, 0.3) is 0 Å². The minimum absolute atomic E-state index is 0. The fraction of sp³-hybridized carbons (Fsp3) is 0. The average Bonchev–Trinajstić information content (AvgIpc) is 2.07. The molecule has 0 saturated heterocycles. The highest BCUT2D eigenvalue weighted by molar-refractivity contribution is 5.96. The van der Waals surface area contributed by atoms with E-state index >= 15 is 0 Å². The van der Waals surface area contributed by atoms with Gasteiger partial charge in [-0.1, -0.05) is 0 Å². The van der Waals surface area contributed by atoms with E-state index in [1.165, 1.54) is 0 Å². The average molecular weight is 222 g/mol. The second-order valence-corrected chi connectivity index (χ2v) is 2.50. The zero-order valence-electron chi connectivity index (χ0n) is 7.47. The first-order valence-corrected chi connectivity index (χ1v) is 3.46. The van der Waals surface area contributed by atoms with Gasteiger partial charge in [-0.3, -0.25) is 0 Å². The van der Waals surface area contributed by atoms with Gasteiger partial charge in [0.1, 0.15) is 22.6 Å². The quantitative estimate of drug-likeness (QED) is 0.417. The summed E-state index contributed by atoms with van der Waals surface area (Å²) in [6.07, 6.45) is 0. The van der Waals surface area contributed by atoms with Crippen LogP contribution in [0, 0.1) is 0 Å². The molecule has 0 heterocycles. The van der Waals surface area contributed by atoms with Crippen LogP contribution in [0.4, 0.5) is 0 Å². The Labute approximate surface area is 99.9 Å². The Morgan fingerprint density at radius 2 is 1.13 bits per heavy atom. The van der Waals surface area contributed by atoms with Crippen molar-refractivity contribution < 1.29 is 30.0 Å². The number of carbonyl (C=O) groups is 2. The molecular weight excluding hydrogens is 216 g/mol. The molecule has 1 rings (SSSR count). The minimum atomic E-state index is -1.45. The zero-order valence-corrected chi connectivity index (χ0v) is 8.88. The van der Waals surface area contributed by atoms with Gasteiger partial charge in [-0.25, -0.2) is 9.59 Å². The van der Waals surface area contributed by atoms with Crippen LogP contribution < -0.4 is 0 Å². The van der Waals surface area contributed by atoms with Crippen LogP contribution in [0.1, 0.15) is 20.7 Å². The van der Waals surface area contributed by atoms with Crippen molar-refractivity contribution in [2.24, 2.45) is 0 Å². The third-order valence-corrected chi connectivity index (χ3v) is 1.57. The fourth-order valence-corrected chi connectivity index (χ4v) is 0.919. The van der Waals surface area contributed by atoms with Crippen LogP contribution in [0.15, 0.2) is 12.1 Å². The number of hydrogen-bond donors (Lipinski definition) is 4. The first-order chi connectivity index (χ1) is 6.43. The second kappa shape index (κ2) is 4.85. The lowest BCUT2D eigenvalue weighted by atomic mass is 10.1. The summed E-state index contributed by atoms with van der Waals surface area (Å²) in [7, 11) is 0. The maximum atomic E-state index is 10.4. The molecule has 0 spiro atoms. The summed E-state index contributed by atoms with van der Waals surface area (Å²) in [6, 6.07) is 1.36. The highest BCUT2D eigenvalue weighted by Crippen LogP contribution is 2.27. The molecule has 0 aliphatic rings. The van der Waals surface area contributed by atoms with E-state index < -0.39 is 34.6 Å². The van der Waals surface area contributed by atoms with Gasteiger partial charge in [-0.05, 0) is 12.1 Å². The summed E-state index contributed by atoms with van der Waals surface area (Å²) >= 11 is 0. The van der Waals surface area contributed by atoms with Gasteiger partial charge in [0, 0.05) is 23.1 Å². The lowest BCUT2D eigenvalue weighted by Gasteiger charge is -2.03. The largest absolute Gasteiger partial charge is 0.507 e. The Morgan fingerprint density at radius 1 is 0.867 bits per heavy atom. The monoisotopic (exact) mass is 222 g/mol. The van der Waals surface area contributed by atoms with Crippen molar-refractivity contribution in [1.82, 2.24) is 0 Å². The molecular formula is C8H6MgO6. The maximum absolute atomic E-state index is 10.4. The SMILES string of the molecule is O=C(O)c1cc(O)c(C(=O)O)cc1O.[Mg]. The minimum Gasteiger partial charge on any atom is -0.507 e. The molecule has 4 N–H and O–H groups in total. The zero-order chi connectivity index (χ0) is 10.9. The highest BCUT2D eigenvalue weighted by Gasteiger charge is 2.17. The van der Waals surface area contributed by atoms with Gasteiger partial charge in [0.05, 0.1) is 0 Å². The Kier molecular flexibility index (Phi) is 4.37. The summed E-state index contributed by atoms with van der Waals surface area (Å²) in [5, 5.41) is 35.2. The van der Waals surface area contributed by atoms with Crippen molar-refractivity contribution >= 4 is 35.0 Å². The molecule has 15 heavy (non-hydrogen) atoms. The van der Waals surface area contributed by atoms with E-state index in [2.05, 4.69) is 0 Å². The van der Waals surface area contributed by atoms with E-state index in [9.17, 15) is 9.59 Å². The number of aromatic carboxylic acids is 2. The molecule has 0 aliphatic carbocycles. The van der Waals surface area contributed by atoms with Crippen molar-refractivity contribution in [3.05, 3.63) is 23.3 Å². The molecule has 76 valence electrons. The number of carboxylic acid groups (broad SMARTS) is 2. The second-order valence-electron chi connectivity index (χ2n) is 2.50. The lowest BCUT2D eigenvalue weighted by Crippen LogP contribution is -2.01. The molecule has 1 aromatic rings. The van der Waals surface area contributed by atoms with Crippen molar-refractivity contribution in [2.75, 3.05) is 0 Å². The number of aromatic hydroxyl groups is 2. The van der Waals surface area contributed by atoms with Crippen LogP contribution in [0.2, 0.25) is 0 Å². The van der Waals surface area contributed by atoms with E-state index in [1.54, 1.807) is 0 Å². The van der Waals surface area contributed by atoms with Crippen LogP contribution in [0.5, 0.6) is 11.5 Å². The predicted octanol–water partition coefficient (Wildman–Crippen LogP) is 0.113. The molecule has 0 unspecified atom stereocenters. The highest BCUT2D eigenvalue weighted by atomic mass is 24.3. The van der Waals surface area contributed by atoms with Crippen molar-refractivity contribution in [2.45, 2.75) is 0 Å². The van der Waals surface area contributed by atoms with E-state index in [-0.39, 0.29) is 23.1 Å². The number of rotatable bonds is 2. The van der Waals surface area contributed by atoms with E-state index in [0.29, 0.717) is 12.1 Å². The molecule has 1 aromatic carbocycles. The van der Waals surface area contributed by atoms with Gasteiger partial charge in [0.25, 0.3) is 0 Å². The summed E-state index contributed by atoms with van der Waals surface area (Å²) < 4.78 is 0. The van der Waals surface area contributed by atoms with E-state index in [1.807, 2.05) is 0 Å². The van der Waals surface area contributed by atoms with Crippen LogP contribution in [-0.2, 0) is 0 Å². The molecule has 0 amide bonds. The third-order valence-electron chi connectivity index (χ3n) is 1.57. The Balaban J connectivity index is 0.00000196. The number of carboxylic acids is 2. The van der Waals surface area contributed by atoms with Gasteiger partial charge in [0.15, 0.2) is 0 Å². The van der Waals surface area contributed by atoms with Crippen LogP contribution >= 0.6 is 0 Å². The van der Waals surface area contributed by atoms with Crippen molar-refractivity contribution in [3.63, 3.8) is 0 Å². The Morgan fingerprint density at radius 3 is 1.33 bits per heavy atom. The standard InChI is InChI=1S/C8H6O6.Mg/c9-5-1-3(7(11)12)6(10)2-4(5)8(13)14;/h1-2,9-10H,(H,11,12)(H,13,14);. The Hall–Kier alpha value is -1.47.